The highest BCUT2D eigenvalue weighted by molar-refractivity contribution is 7.15. The van der Waals surface area contributed by atoms with E-state index in [-0.39, 0.29) is 16.8 Å². The lowest BCUT2D eigenvalue weighted by Gasteiger charge is -2.32. The van der Waals surface area contributed by atoms with Crippen LogP contribution in [0.5, 0.6) is 0 Å². The van der Waals surface area contributed by atoms with E-state index in [2.05, 4.69) is 39.5 Å². The average Bonchev–Trinajstić information content (AvgIpc) is 3.18. The largest absolute Gasteiger partial charge is 0.372 e. The van der Waals surface area contributed by atoms with E-state index in [0.717, 1.165) is 32.5 Å². The molecular weight excluding hydrogens is 338 g/mol. The number of nitrogens with one attached hydrogen (secondary N) is 1. The summed E-state index contributed by atoms with van der Waals surface area (Å²) in [4.78, 5) is 18.5. The summed E-state index contributed by atoms with van der Waals surface area (Å²) in [6, 6.07) is 10.7. The van der Waals surface area contributed by atoms with Crippen molar-refractivity contribution in [1.29, 1.82) is 0 Å². The van der Waals surface area contributed by atoms with Crippen LogP contribution in [0, 0.1) is 10.1 Å². The van der Waals surface area contributed by atoms with E-state index in [4.69, 9.17) is 0 Å². The fourth-order valence-corrected chi connectivity index (χ4v) is 4.02. The smallest absolute Gasteiger partial charge is 0.360 e. The van der Waals surface area contributed by atoms with Crippen molar-refractivity contribution in [2.24, 2.45) is 0 Å². The molecule has 0 aliphatic carbocycles. The van der Waals surface area contributed by atoms with Crippen LogP contribution in [-0.2, 0) is 6.54 Å². The molecule has 0 spiro atoms. The Morgan fingerprint density at radius 2 is 2.04 bits per heavy atom. The average molecular weight is 357 g/mol. The molecule has 4 rings (SSSR count). The van der Waals surface area contributed by atoms with Crippen molar-refractivity contribution in [3.05, 3.63) is 57.6 Å². The third-order valence-corrected chi connectivity index (χ3v) is 5.34. The summed E-state index contributed by atoms with van der Waals surface area (Å²) in [6.45, 7) is 2.90. The Hall–Kier alpha value is -2.45. The molecule has 0 unspecified atom stereocenters. The lowest BCUT2D eigenvalue weighted by Crippen LogP contribution is -2.38. The van der Waals surface area contributed by atoms with Gasteiger partial charge in [-0.3, -0.25) is 4.90 Å². The van der Waals surface area contributed by atoms with Crippen molar-refractivity contribution in [2.45, 2.75) is 25.4 Å². The lowest BCUT2D eigenvalue weighted by molar-refractivity contribution is -0.389. The van der Waals surface area contributed by atoms with Gasteiger partial charge in [0.25, 0.3) is 4.96 Å². The Morgan fingerprint density at radius 3 is 2.76 bits per heavy atom. The molecule has 7 nitrogen and oxygen atoms in total. The third kappa shape index (κ3) is 3.35. The van der Waals surface area contributed by atoms with Crippen molar-refractivity contribution in [3.8, 4) is 0 Å². The topological polar surface area (TPSA) is 75.7 Å². The van der Waals surface area contributed by atoms with Crippen LogP contribution in [0.15, 0.2) is 41.9 Å². The molecule has 25 heavy (non-hydrogen) atoms. The minimum atomic E-state index is -0.362. The summed E-state index contributed by atoms with van der Waals surface area (Å²) in [7, 11) is 0. The molecule has 0 saturated carbocycles. The van der Waals surface area contributed by atoms with Crippen LogP contribution in [0.2, 0.25) is 0 Å². The molecule has 8 heteroatoms. The van der Waals surface area contributed by atoms with Crippen molar-refractivity contribution < 1.29 is 4.92 Å². The Kier molecular flexibility index (Phi) is 4.37. The van der Waals surface area contributed by atoms with Gasteiger partial charge in [-0.2, -0.15) is 9.38 Å². The molecule has 1 fully saturated rings. The maximum absolute atomic E-state index is 11.4. The van der Waals surface area contributed by atoms with Crippen LogP contribution in [-0.4, -0.2) is 38.3 Å². The Morgan fingerprint density at radius 1 is 1.28 bits per heavy atom. The summed E-state index contributed by atoms with van der Waals surface area (Å²) < 4.78 is 1.54. The highest BCUT2D eigenvalue weighted by atomic mass is 32.1. The van der Waals surface area contributed by atoms with Crippen LogP contribution in [0.1, 0.15) is 18.4 Å². The Bertz CT molecular complexity index is 868. The Labute approximate surface area is 149 Å². The molecule has 0 bridgehead atoms. The molecule has 1 aliphatic rings. The molecule has 0 atom stereocenters. The van der Waals surface area contributed by atoms with Gasteiger partial charge in [-0.25, -0.2) is 0 Å². The number of aromatic nitrogens is 2. The van der Waals surface area contributed by atoms with Gasteiger partial charge in [-0.1, -0.05) is 41.7 Å². The molecule has 1 aliphatic heterocycles. The molecule has 2 aromatic heterocycles. The van der Waals surface area contributed by atoms with Gasteiger partial charge in [0.2, 0.25) is 5.82 Å². The monoisotopic (exact) mass is 357 g/mol. The first kappa shape index (κ1) is 16.0. The number of nitro groups is 1. The summed E-state index contributed by atoms with van der Waals surface area (Å²) in [5.41, 5.74) is 1.32. The first-order chi connectivity index (χ1) is 12.2. The summed E-state index contributed by atoms with van der Waals surface area (Å²) in [5, 5.41) is 16.5. The van der Waals surface area contributed by atoms with Crippen molar-refractivity contribution in [2.75, 3.05) is 18.4 Å². The number of fused-ring (bicyclic) bond motifs is 1. The van der Waals surface area contributed by atoms with E-state index < -0.39 is 0 Å². The highest BCUT2D eigenvalue weighted by Gasteiger charge is 2.27. The van der Waals surface area contributed by atoms with Crippen LogP contribution >= 0.6 is 11.3 Å². The SMILES string of the molecule is O=[N+]([O-])c1c(NC2CCN(Cc3ccccc3)CC2)nc2sccn12. The maximum Gasteiger partial charge on any atom is 0.372 e. The quantitative estimate of drug-likeness (QED) is 0.560. The second-order valence-corrected chi connectivity index (χ2v) is 7.15. The third-order valence-electron chi connectivity index (χ3n) is 4.59. The number of rotatable bonds is 5. The highest BCUT2D eigenvalue weighted by Crippen LogP contribution is 2.29. The predicted octanol–water partition coefficient (Wildman–Crippen LogP) is 3.38. The normalized spacial score (nSPS) is 16.3. The van der Waals surface area contributed by atoms with E-state index in [1.165, 1.54) is 21.3 Å². The first-order valence-electron chi connectivity index (χ1n) is 8.33. The number of piperidine rings is 1. The molecular formula is C17H19N5O2S. The maximum atomic E-state index is 11.4. The second-order valence-electron chi connectivity index (χ2n) is 6.28. The number of hydrogen-bond donors (Lipinski definition) is 1. The molecule has 1 aromatic carbocycles. The van der Waals surface area contributed by atoms with Gasteiger partial charge in [0.05, 0.1) is 0 Å². The summed E-state index contributed by atoms with van der Waals surface area (Å²) >= 11 is 1.40. The minimum Gasteiger partial charge on any atom is -0.360 e. The number of thiazole rings is 1. The fraction of sp³-hybridized carbons (Fsp3) is 0.353. The van der Waals surface area contributed by atoms with E-state index in [0.29, 0.717) is 10.8 Å². The molecule has 0 radical (unpaired) electrons. The zero-order valence-corrected chi connectivity index (χ0v) is 14.5. The number of imidazole rings is 1. The van der Waals surface area contributed by atoms with Gasteiger partial charge >= 0.3 is 5.82 Å². The van der Waals surface area contributed by atoms with E-state index in [9.17, 15) is 10.1 Å². The molecule has 3 heterocycles. The van der Waals surface area contributed by atoms with E-state index >= 15 is 0 Å². The predicted molar refractivity (Wildman–Crippen MR) is 98.1 cm³/mol. The van der Waals surface area contributed by atoms with Crippen LogP contribution in [0.3, 0.4) is 0 Å². The zero-order valence-electron chi connectivity index (χ0n) is 13.7. The minimum absolute atomic E-state index is 0.0305. The van der Waals surface area contributed by atoms with Gasteiger partial charge < -0.3 is 15.4 Å². The van der Waals surface area contributed by atoms with Gasteiger partial charge in [0.15, 0.2) is 0 Å². The molecule has 0 amide bonds. The lowest BCUT2D eigenvalue weighted by atomic mass is 10.0. The first-order valence-corrected chi connectivity index (χ1v) is 9.21. The van der Waals surface area contributed by atoms with Crippen LogP contribution in [0.4, 0.5) is 11.6 Å². The van der Waals surface area contributed by atoms with Crippen LogP contribution < -0.4 is 5.32 Å². The van der Waals surface area contributed by atoms with Gasteiger partial charge in [0.1, 0.15) is 6.20 Å². The molecule has 1 N–H and O–H groups in total. The van der Waals surface area contributed by atoms with Gasteiger partial charge in [-0.05, 0) is 23.3 Å². The number of benzene rings is 1. The molecule has 130 valence electrons. The summed E-state index contributed by atoms with van der Waals surface area (Å²) in [5.74, 6) is 0.418. The number of hydrogen-bond acceptors (Lipinski definition) is 6. The summed E-state index contributed by atoms with van der Waals surface area (Å²) in [6.07, 6.45) is 3.60. The number of likely N-dealkylation sites (tertiary alicyclic amines) is 1. The standard InChI is InChI=1S/C17H19N5O2S/c23-22(24)16-15(19-17-21(16)10-11-25-17)18-14-6-8-20(9-7-14)12-13-4-2-1-3-5-13/h1-5,10-11,14,18H,6-9,12H2. The molecule has 3 aromatic rings. The van der Waals surface area contributed by atoms with Gasteiger partial charge in [0, 0.05) is 31.1 Å². The second kappa shape index (κ2) is 6.81. The number of nitrogens with zero attached hydrogens (tertiary/aromatic N) is 4. The van der Waals surface area contributed by atoms with E-state index in [1.54, 1.807) is 11.6 Å². The van der Waals surface area contributed by atoms with Gasteiger partial charge in [-0.15, -0.1) is 0 Å². The van der Waals surface area contributed by atoms with Crippen molar-refractivity contribution in [3.63, 3.8) is 0 Å². The van der Waals surface area contributed by atoms with E-state index in [1.807, 2.05) is 6.07 Å². The Balaban J connectivity index is 1.40. The fourth-order valence-electron chi connectivity index (χ4n) is 3.32. The number of anilines is 1. The zero-order chi connectivity index (χ0) is 17.2. The van der Waals surface area contributed by atoms with Crippen molar-refractivity contribution >= 4 is 27.9 Å². The van der Waals surface area contributed by atoms with Crippen LogP contribution in [0.25, 0.3) is 4.96 Å². The molecule has 1 saturated heterocycles. The van der Waals surface area contributed by atoms with Crippen molar-refractivity contribution in [1.82, 2.24) is 14.3 Å².